The maximum Gasteiger partial charge on any atom is 0.224 e. The van der Waals surface area contributed by atoms with E-state index in [4.69, 9.17) is 0 Å². The van der Waals surface area contributed by atoms with Crippen LogP contribution < -0.4 is 5.32 Å². The van der Waals surface area contributed by atoms with E-state index in [9.17, 15) is 13.2 Å². The van der Waals surface area contributed by atoms with Crippen LogP contribution in [0.15, 0.2) is 42.5 Å². The number of amides is 1. The van der Waals surface area contributed by atoms with Gasteiger partial charge in [0.15, 0.2) is 0 Å². The summed E-state index contributed by atoms with van der Waals surface area (Å²) in [7, 11) is -3.36. The number of benzene rings is 2. The molecule has 174 valence electrons. The van der Waals surface area contributed by atoms with Gasteiger partial charge < -0.3 is 5.32 Å². The van der Waals surface area contributed by atoms with Gasteiger partial charge in [-0.25, -0.2) is 12.7 Å². The van der Waals surface area contributed by atoms with Gasteiger partial charge in [0.2, 0.25) is 15.9 Å². The van der Waals surface area contributed by atoms with Crippen LogP contribution in [0.25, 0.3) is 0 Å². The third-order valence-corrected chi connectivity index (χ3v) is 8.49. The van der Waals surface area contributed by atoms with Crippen LogP contribution in [0.5, 0.6) is 0 Å². The lowest BCUT2D eigenvalue weighted by molar-refractivity contribution is -0.126. The molecule has 2 atom stereocenters. The summed E-state index contributed by atoms with van der Waals surface area (Å²) in [6.45, 7) is 9.01. The van der Waals surface area contributed by atoms with Crippen molar-refractivity contribution in [3.63, 3.8) is 0 Å². The van der Waals surface area contributed by atoms with E-state index >= 15 is 0 Å². The minimum atomic E-state index is -3.36. The van der Waals surface area contributed by atoms with Gasteiger partial charge in [0, 0.05) is 13.1 Å². The molecule has 2 aromatic rings. The van der Waals surface area contributed by atoms with E-state index in [0.29, 0.717) is 19.4 Å². The number of sulfonamides is 1. The average Bonchev–Trinajstić information content (AvgIpc) is 2.77. The minimum Gasteiger partial charge on any atom is -0.349 e. The van der Waals surface area contributed by atoms with Gasteiger partial charge in [-0.1, -0.05) is 42.5 Å². The van der Waals surface area contributed by atoms with Crippen molar-refractivity contribution in [1.82, 2.24) is 9.62 Å². The molecule has 1 heterocycles. The molecule has 2 aromatic carbocycles. The summed E-state index contributed by atoms with van der Waals surface area (Å²) in [4.78, 5) is 13.0. The lowest BCUT2D eigenvalue weighted by Crippen LogP contribution is -2.46. The number of aryl methyl sites for hydroxylation is 4. The number of hydrogen-bond acceptors (Lipinski definition) is 3. The number of nitrogens with one attached hydrogen (secondary N) is 1. The first-order valence-electron chi connectivity index (χ1n) is 11.6. The molecule has 3 rings (SSSR count). The monoisotopic (exact) mass is 456 g/mol. The topological polar surface area (TPSA) is 66.5 Å². The van der Waals surface area contributed by atoms with Crippen molar-refractivity contribution in [3.8, 4) is 0 Å². The molecule has 0 radical (unpaired) electrons. The van der Waals surface area contributed by atoms with E-state index in [1.165, 1.54) is 15.4 Å². The van der Waals surface area contributed by atoms with Crippen molar-refractivity contribution in [2.45, 2.75) is 59.4 Å². The predicted octanol–water partition coefficient (Wildman–Crippen LogP) is 4.46. The molecular weight excluding hydrogens is 420 g/mol. The van der Waals surface area contributed by atoms with Crippen LogP contribution in [-0.4, -0.2) is 37.5 Å². The third kappa shape index (κ3) is 6.20. The lowest BCUT2D eigenvalue weighted by atomic mass is 9.95. The molecule has 1 fully saturated rings. The van der Waals surface area contributed by atoms with E-state index in [0.717, 1.165) is 29.5 Å². The Morgan fingerprint density at radius 3 is 2.50 bits per heavy atom. The third-order valence-electron chi connectivity index (χ3n) is 6.57. The summed E-state index contributed by atoms with van der Waals surface area (Å²) in [6.07, 6.45) is 2.76. The Bertz CT molecular complexity index is 1030. The molecule has 1 aliphatic rings. The van der Waals surface area contributed by atoms with Crippen LogP contribution >= 0.6 is 0 Å². The number of carbonyl (C=O) groups excluding carboxylic acids is 1. The Balaban J connectivity index is 1.57. The SMILES string of the molecule is Cc1cc(C)c(C(C)NC(=O)C2CCCN(S(=O)(=O)CCCc3ccccc3)C2)cc1C. The molecule has 1 aliphatic heterocycles. The summed E-state index contributed by atoms with van der Waals surface area (Å²) in [5, 5.41) is 3.13. The van der Waals surface area contributed by atoms with Crippen molar-refractivity contribution >= 4 is 15.9 Å². The van der Waals surface area contributed by atoms with Crippen molar-refractivity contribution < 1.29 is 13.2 Å². The highest BCUT2D eigenvalue weighted by molar-refractivity contribution is 7.89. The lowest BCUT2D eigenvalue weighted by Gasteiger charge is -2.32. The molecule has 0 saturated carbocycles. The molecule has 0 aromatic heterocycles. The molecular formula is C26H36N2O3S. The molecule has 32 heavy (non-hydrogen) atoms. The number of rotatable bonds is 8. The van der Waals surface area contributed by atoms with Gasteiger partial charge in [-0.2, -0.15) is 0 Å². The predicted molar refractivity (Wildman–Crippen MR) is 130 cm³/mol. The molecule has 6 heteroatoms. The summed E-state index contributed by atoms with van der Waals surface area (Å²) < 4.78 is 27.3. The second kappa shape index (κ2) is 10.6. The van der Waals surface area contributed by atoms with Gasteiger partial charge >= 0.3 is 0 Å². The minimum absolute atomic E-state index is 0.0562. The summed E-state index contributed by atoms with van der Waals surface area (Å²) in [5.41, 5.74) is 5.87. The Morgan fingerprint density at radius 2 is 1.78 bits per heavy atom. The number of hydrogen-bond donors (Lipinski definition) is 1. The van der Waals surface area contributed by atoms with E-state index in [2.05, 4.69) is 38.2 Å². The smallest absolute Gasteiger partial charge is 0.224 e. The molecule has 0 aliphatic carbocycles. The molecule has 1 saturated heterocycles. The Hall–Kier alpha value is -2.18. The average molecular weight is 457 g/mol. The zero-order chi connectivity index (χ0) is 23.3. The molecule has 1 amide bonds. The summed E-state index contributed by atoms with van der Waals surface area (Å²) >= 11 is 0. The zero-order valence-electron chi connectivity index (χ0n) is 19.7. The van der Waals surface area contributed by atoms with E-state index < -0.39 is 10.0 Å². The number of piperidine rings is 1. The Labute approximate surface area is 193 Å². The Kier molecular flexibility index (Phi) is 8.12. The van der Waals surface area contributed by atoms with Crippen LogP contribution in [0.1, 0.15) is 60.0 Å². The van der Waals surface area contributed by atoms with Gasteiger partial charge in [0.1, 0.15) is 0 Å². The van der Waals surface area contributed by atoms with Crippen LogP contribution in [0.4, 0.5) is 0 Å². The molecule has 0 bridgehead atoms. The largest absolute Gasteiger partial charge is 0.349 e. The van der Waals surface area contributed by atoms with Gasteiger partial charge in [-0.3, -0.25) is 4.79 Å². The standard InChI is InChI=1S/C26H36N2O3S/c1-19-16-21(3)25(17-20(19)2)22(4)27-26(29)24-13-8-14-28(18-24)32(30,31)15-9-12-23-10-6-5-7-11-23/h5-7,10-11,16-17,22,24H,8-9,12-15,18H2,1-4H3,(H,27,29). The van der Waals surface area contributed by atoms with E-state index in [1.807, 2.05) is 37.3 Å². The molecule has 1 N–H and O–H groups in total. The van der Waals surface area contributed by atoms with E-state index in [1.54, 1.807) is 0 Å². The van der Waals surface area contributed by atoms with Crippen molar-refractivity contribution in [2.24, 2.45) is 5.92 Å². The fraction of sp³-hybridized carbons (Fsp3) is 0.500. The second-order valence-corrected chi connectivity index (χ2v) is 11.2. The quantitative estimate of drug-likeness (QED) is 0.638. The normalized spacial score (nSPS) is 18.3. The number of nitrogens with zero attached hydrogens (tertiary/aromatic N) is 1. The van der Waals surface area contributed by atoms with Crippen LogP contribution in [0.3, 0.4) is 0 Å². The highest BCUT2D eigenvalue weighted by atomic mass is 32.2. The van der Waals surface area contributed by atoms with Gasteiger partial charge in [-0.15, -0.1) is 0 Å². The van der Waals surface area contributed by atoms with Gasteiger partial charge in [0.05, 0.1) is 17.7 Å². The van der Waals surface area contributed by atoms with Crippen LogP contribution in [-0.2, 0) is 21.2 Å². The highest BCUT2D eigenvalue weighted by Gasteiger charge is 2.32. The van der Waals surface area contributed by atoms with Crippen LogP contribution in [0.2, 0.25) is 0 Å². The molecule has 0 spiro atoms. The summed E-state index contributed by atoms with van der Waals surface area (Å²) in [5.74, 6) is -0.240. The maximum absolute atomic E-state index is 13.0. The Morgan fingerprint density at radius 1 is 1.09 bits per heavy atom. The number of carbonyl (C=O) groups is 1. The fourth-order valence-electron chi connectivity index (χ4n) is 4.50. The zero-order valence-corrected chi connectivity index (χ0v) is 20.5. The highest BCUT2D eigenvalue weighted by Crippen LogP contribution is 2.24. The maximum atomic E-state index is 13.0. The first-order valence-corrected chi connectivity index (χ1v) is 13.2. The summed E-state index contributed by atoms with van der Waals surface area (Å²) in [6, 6.07) is 14.1. The van der Waals surface area contributed by atoms with Crippen molar-refractivity contribution in [2.75, 3.05) is 18.8 Å². The fourth-order valence-corrected chi connectivity index (χ4v) is 6.08. The van der Waals surface area contributed by atoms with Gasteiger partial charge in [-0.05, 0) is 81.2 Å². The second-order valence-electron chi connectivity index (χ2n) is 9.13. The van der Waals surface area contributed by atoms with Gasteiger partial charge in [0.25, 0.3) is 0 Å². The molecule has 5 nitrogen and oxygen atoms in total. The van der Waals surface area contributed by atoms with Crippen molar-refractivity contribution in [3.05, 3.63) is 70.3 Å². The van der Waals surface area contributed by atoms with Crippen LogP contribution in [0, 0.1) is 26.7 Å². The van der Waals surface area contributed by atoms with E-state index in [-0.39, 0.29) is 30.2 Å². The first-order chi connectivity index (χ1) is 15.2. The molecule has 2 unspecified atom stereocenters. The van der Waals surface area contributed by atoms with Crippen molar-refractivity contribution in [1.29, 1.82) is 0 Å². The first kappa shape index (κ1) is 24.5.